The highest BCUT2D eigenvalue weighted by atomic mass is 19.1. The summed E-state index contributed by atoms with van der Waals surface area (Å²) in [5, 5.41) is 0. The molecule has 5 nitrogen and oxygen atoms in total. The zero-order valence-electron chi connectivity index (χ0n) is 9.14. The first-order valence-corrected chi connectivity index (χ1v) is 4.93. The molecule has 88 valence electrons. The first-order chi connectivity index (χ1) is 8.20. The molecule has 1 aromatic carbocycles. The van der Waals surface area contributed by atoms with Gasteiger partial charge in [-0.25, -0.2) is 10.8 Å². The van der Waals surface area contributed by atoms with Gasteiger partial charge in [-0.15, -0.1) is 0 Å². The third-order valence-electron chi connectivity index (χ3n) is 2.14. The van der Waals surface area contributed by atoms with Gasteiger partial charge in [0.05, 0.1) is 6.20 Å². The van der Waals surface area contributed by atoms with Crippen molar-refractivity contribution >= 4 is 5.95 Å². The maximum Gasteiger partial charge on any atom is 0.260 e. The number of rotatable bonds is 3. The van der Waals surface area contributed by atoms with E-state index >= 15 is 0 Å². The quantitative estimate of drug-likeness (QED) is 0.627. The number of aryl methyl sites for hydroxylation is 1. The van der Waals surface area contributed by atoms with Crippen molar-refractivity contribution in [3.8, 4) is 11.6 Å². The minimum Gasteiger partial charge on any atom is -0.436 e. The summed E-state index contributed by atoms with van der Waals surface area (Å²) in [6, 6.07) is 7.25. The van der Waals surface area contributed by atoms with Crippen LogP contribution in [0.3, 0.4) is 0 Å². The summed E-state index contributed by atoms with van der Waals surface area (Å²) in [5.74, 6) is 4.96. The van der Waals surface area contributed by atoms with E-state index in [2.05, 4.69) is 15.4 Å². The third-order valence-corrected chi connectivity index (χ3v) is 2.14. The van der Waals surface area contributed by atoms with Gasteiger partial charge in [-0.05, 0) is 18.6 Å². The maximum atomic E-state index is 13.4. The Bertz CT molecular complexity index is 533. The van der Waals surface area contributed by atoms with Crippen LogP contribution in [0.15, 0.2) is 30.5 Å². The number of hydrazine groups is 1. The molecule has 2 aromatic rings. The minimum atomic E-state index is -0.646. The molecule has 1 heterocycles. The molecule has 0 amide bonds. The van der Waals surface area contributed by atoms with Crippen molar-refractivity contribution in [2.24, 2.45) is 5.84 Å². The monoisotopic (exact) mass is 234 g/mol. The molecule has 0 aliphatic rings. The van der Waals surface area contributed by atoms with Crippen molar-refractivity contribution in [1.29, 1.82) is 0 Å². The number of nitrogens with zero attached hydrogens (tertiary/aromatic N) is 2. The van der Waals surface area contributed by atoms with Crippen molar-refractivity contribution in [1.82, 2.24) is 9.97 Å². The maximum absolute atomic E-state index is 13.4. The Morgan fingerprint density at radius 2 is 2.12 bits per heavy atom. The van der Waals surface area contributed by atoms with Crippen LogP contribution in [0.5, 0.6) is 11.6 Å². The molecule has 1 aromatic heterocycles. The second kappa shape index (κ2) is 4.75. The van der Waals surface area contributed by atoms with Gasteiger partial charge in [-0.2, -0.15) is 9.37 Å². The van der Waals surface area contributed by atoms with Crippen LogP contribution in [0.4, 0.5) is 10.3 Å². The molecule has 0 bridgehead atoms. The van der Waals surface area contributed by atoms with Gasteiger partial charge in [-0.1, -0.05) is 18.2 Å². The lowest BCUT2D eigenvalue weighted by Gasteiger charge is -2.08. The van der Waals surface area contributed by atoms with E-state index in [0.717, 1.165) is 11.8 Å². The first kappa shape index (κ1) is 11.3. The zero-order valence-corrected chi connectivity index (χ0v) is 9.14. The molecule has 0 atom stereocenters. The summed E-state index contributed by atoms with van der Waals surface area (Å²) in [6.45, 7) is 1.86. The summed E-state index contributed by atoms with van der Waals surface area (Å²) in [7, 11) is 0. The summed E-state index contributed by atoms with van der Waals surface area (Å²) >= 11 is 0. The normalized spacial score (nSPS) is 10.1. The SMILES string of the molecule is Cc1ccccc1Oc1nc(NN)ncc1F. The average Bonchev–Trinajstić information content (AvgIpc) is 2.35. The first-order valence-electron chi connectivity index (χ1n) is 4.93. The van der Waals surface area contributed by atoms with Crippen LogP contribution >= 0.6 is 0 Å². The van der Waals surface area contributed by atoms with Gasteiger partial charge >= 0.3 is 0 Å². The number of aromatic nitrogens is 2. The molecule has 0 saturated heterocycles. The van der Waals surface area contributed by atoms with Crippen LogP contribution in [-0.4, -0.2) is 9.97 Å². The lowest BCUT2D eigenvalue weighted by Crippen LogP contribution is -2.11. The molecule has 0 unspecified atom stereocenters. The van der Waals surface area contributed by atoms with Gasteiger partial charge < -0.3 is 4.74 Å². The molecule has 3 N–H and O–H groups in total. The van der Waals surface area contributed by atoms with Crippen LogP contribution in [0.2, 0.25) is 0 Å². The molecule has 0 aliphatic carbocycles. The van der Waals surface area contributed by atoms with Crippen molar-refractivity contribution < 1.29 is 9.13 Å². The predicted molar refractivity (Wildman–Crippen MR) is 61.1 cm³/mol. The zero-order chi connectivity index (χ0) is 12.3. The van der Waals surface area contributed by atoms with Crippen LogP contribution in [-0.2, 0) is 0 Å². The standard InChI is InChI=1S/C11H11FN4O/c1-7-4-2-3-5-9(7)17-10-8(12)6-14-11(15-10)16-13/h2-6H,13H2,1H3,(H,14,15,16). The molecule has 0 spiro atoms. The minimum absolute atomic E-state index is 0.0926. The Hall–Kier alpha value is -2.21. The number of ether oxygens (including phenoxy) is 1. The third kappa shape index (κ3) is 2.48. The number of halogens is 1. The van der Waals surface area contributed by atoms with E-state index in [1.165, 1.54) is 0 Å². The molecular weight excluding hydrogens is 223 g/mol. The van der Waals surface area contributed by atoms with Gasteiger partial charge in [-0.3, -0.25) is 5.43 Å². The number of para-hydroxylation sites is 1. The van der Waals surface area contributed by atoms with E-state index < -0.39 is 5.82 Å². The van der Waals surface area contributed by atoms with Gasteiger partial charge in [0.1, 0.15) is 5.75 Å². The van der Waals surface area contributed by atoms with E-state index in [1.54, 1.807) is 12.1 Å². The Kier molecular flexibility index (Phi) is 3.15. The summed E-state index contributed by atoms with van der Waals surface area (Å²) in [4.78, 5) is 7.40. The number of nitrogens with two attached hydrogens (primary N) is 1. The highest BCUT2D eigenvalue weighted by molar-refractivity contribution is 5.36. The van der Waals surface area contributed by atoms with E-state index in [-0.39, 0.29) is 11.8 Å². The number of hydrogen-bond donors (Lipinski definition) is 2. The van der Waals surface area contributed by atoms with E-state index in [9.17, 15) is 4.39 Å². The van der Waals surface area contributed by atoms with Crippen molar-refractivity contribution in [2.45, 2.75) is 6.92 Å². The molecule has 2 rings (SSSR count). The van der Waals surface area contributed by atoms with Crippen molar-refractivity contribution in [2.75, 3.05) is 5.43 Å². The van der Waals surface area contributed by atoms with Gasteiger partial charge in [0, 0.05) is 0 Å². The Labute approximate surface area is 97.4 Å². The Morgan fingerprint density at radius 1 is 1.35 bits per heavy atom. The fraction of sp³-hybridized carbons (Fsp3) is 0.0909. The Balaban J connectivity index is 2.32. The topological polar surface area (TPSA) is 73.1 Å². The molecule has 0 radical (unpaired) electrons. The van der Waals surface area contributed by atoms with Crippen LogP contribution in [0.1, 0.15) is 5.56 Å². The van der Waals surface area contributed by atoms with Crippen molar-refractivity contribution in [3.05, 3.63) is 41.8 Å². The second-order valence-electron chi connectivity index (χ2n) is 3.36. The lowest BCUT2D eigenvalue weighted by molar-refractivity contribution is 0.418. The molecule has 0 fully saturated rings. The molecule has 6 heteroatoms. The second-order valence-corrected chi connectivity index (χ2v) is 3.36. The van der Waals surface area contributed by atoms with Gasteiger partial charge in [0.25, 0.3) is 5.88 Å². The number of benzene rings is 1. The molecule has 17 heavy (non-hydrogen) atoms. The highest BCUT2D eigenvalue weighted by Crippen LogP contribution is 2.25. The van der Waals surface area contributed by atoms with E-state index in [1.807, 2.05) is 19.1 Å². The molecule has 0 saturated carbocycles. The Morgan fingerprint density at radius 3 is 2.82 bits per heavy atom. The van der Waals surface area contributed by atoms with E-state index in [4.69, 9.17) is 10.6 Å². The number of anilines is 1. The van der Waals surface area contributed by atoms with Crippen LogP contribution in [0.25, 0.3) is 0 Å². The highest BCUT2D eigenvalue weighted by Gasteiger charge is 2.09. The number of nitrogen functional groups attached to an aromatic ring is 1. The van der Waals surface area contributed by atoms with Gasteiger partial charge in [0.2, 0.25) is 11.8 Å². The predicted octanol–water partition coefficient (Wildman–Crippen LogP) is 2.00. The largest absolute Gasteiger partial charge is 0.436 e. The summed E-state index contributed by atoms with van der Waals surface area (Å²) in [5.41, 5.74) is 3.11. The summed E-state index contributed by atoms with van der Waals surface area (Å²) < 4.78 is 18.8. The summed E-state index contributed by atoms with van der Waals surface area (Å²) in [6.07, 6.45) is 0.996. The fourth-order valence-corrected chi connectivity index (χ4v) is 1.27. The fourth-order valence-electron chi connectivity index (χ4n) is 1.27. The van der Waals surface area contributed by atoms with Gasteiger partial charge in [0.15, 0.2) is 0 Å². The number of nitrogens with one attached hydrogen (secondary N) is 1. The number of hydrogen-bond acceptors (Lipinski definition) is 5. The molecule has 0 aliphatic heterocycles. The van der Waals surface area contributed by atoms with Crippen LogP contribution in [0, 0.1) is 12.7 Å². The molecular formula is C11H11FN4O. The van der Waals surface area contributed by atoms with Crippen LogP contribution < -0.4 is 16.0 Å². The smallest absolute Gasteiger partial charge is 0.260 e. The van der Waals surface area contributed by atoms with E-state index in [0.29, 0.717) is 5.75 Å². The van der Waals surface area contributed by atoms with Crippen molar-refractivity contribution in [3.63, 3.8) is 0 Å². The lowest BCUT2D eigenvalue weighted by atomic mass is 10.2. The average molecular weight is 234 g/mol.